The van der Waals surface area contributed by atoms with Gasteiger partial charge in [-0.15, -0.1) is 0 Å². The number of rotatable bonds is 5. The fourth-order valence-corrected chi connectivity index (χ4v) is 2.79. The number of aryl methyl sites for hydroxylation is 3. The molecule has 5 nitrogen and oxygen atoms in total. The summed E-state index contributed by atoms with van der Waals surface area (Å²) in [6, 6.07) is 16.9. The highest BCUT2D eigenvalue weighted by atomic mass is 16.5. The van der Waals surface area contributed by atoms with Gasteiger partial charge in [-0.25, -0.2) is 0 Å². The summed E-state index contributed by atoms with van der Waals surface area (Å²) in [6.45, 7) is 5.85. The monoisotopic (exact) mass is 335 g/mol. The number of carbonyl (C=O) groups is 1. The van der Waals surface area contributed by atoms with Gasteiger partial charge in [0.25, 0.3) is 5.91 Å². The van der Waals surface area contributed by atoms with E-state index in [2.05, 4.69) is 21.9 Å². The Kier molecular flexibility index (Phi) is 4.84. The third-order valence-electron chi connectivity index (χ3n) is 3.81. The Hall–Kier alpha value is -3.08. The molecule has 1 atom stereocenters. The van der Waals surface area contributed by atoms with Gasteiger partial charge in [-0.2, -0.15) is 0 Å². The van der Waals surface area contributed by atoms with Gasteiger partial charge < -0.3 is 15.2 Å². The van der Waals surface area contributed by atoms with Crippen molar-refractivity contribution < 1.29 is 9.32 Å². The van der Waals surface area contributed by atoms with Crippen LogP contribution in [-0.4, -0.2) is 11.1 Å². The third-order valence-corrected chi connectivity index (χ3v) is 3.81. The van der Waals surface area contributed by atoms with Crippen LogP contribution in [-0.2, 0) is 4.79 Å². The molecule has 0 aliphatic heterocycles. The predicted octanol–water partition coefficient (Wildman–Crippen LogP) is 4.39. The van der Waals surface area contributed by atoms with Crippen molar-refractivity contribution in [3.05, 3.63) is 77.0 Å². The Morgan fingerprint density at radius 1 is 1.00 bits per heavy atom. The molecule has 2 N–H and O–H groups in total. The first-order chi connectivity index (χ1) is 12.0. The van der Waals surface area contributed by atoms with Crippen LogP contribution in [0.4, 0.5) is 11.5 Å². The first-order valence-electron chi connectivity index (χ1n) is 8.15. The summed E-state index contributed by atoms with van der Waals surface area (Å²) < 4.78 is 5.02. The lowest BCUT2D eigenvalue weighted by atomic mass is 10.0. The molecule has 0 fully saturated rings. The Morgan fingerprint density at radius 2 is 1.68 bits per heavy atom. The van der Waals surface area contributed by atoms with Crippen molar-refractivity contribution in [1.29, 1.82) is 0 Å². The van der Waals surface area contributed by atoms with Crippen molar-refractivity contribution >= 4 is 17.4 Å². The van der Waals surface area contributed by atoms with Crippen LogP contribution < -0.4 is 10.6 Å². The minimum absolute atomic E-state index is 0.196. The fraction of sp³-hybridized carbons (Fsp3) is 0.200. The Labute approximate surface area is 147 Å². The molecule has 0 spiro atoms. The molecule has 0 aliphatic rings. The predicted molar refractivity (Wildman–Crippen MR) is 98.6 cm³/mol. The second kappa shape index (κ2) is 7.21. The van der Waals surface area contributed by atoms with Crippen LogP contribution in [0.2, 0.25) is 0 Å². The van der Waals surface area contributed by atoms with Crippen LogP contribution in [0, 0.1) is 20.8 Å². The van der Waals surface area contributed by atoms with Crippen molar-refractivity contribution in [3.63, 3.8) is 0 Å². The highest BCUT2D eigenvalue weighted by molar-refractivity contribution is 5.96. The number of aromatic nitrogens is 1. The summed E-state index contributed by atoms with van der Waals surface area (Å²) in [5.41, 5.74) is 4.06. The molecule has 3 aromatic rings. The van der Waals surface area contributed by atoms with Crippen molar-refractivity contribution in [3.8, 4) is 0 Å². The second-order valence-electron chi connectivity index (χ2n) is 6.18. The van der Waals surface area contributed by atoms with E-state index in [-0.39, 0.29) is 5.91 Å². The molecule has 1 aromatic heterocycles. The van der Waals surface area contributed by atoms with E-state index < -0.39 is 6.04 Å². The van der Waals surface area contributed by atoms with E-state index >= 15 is 0 Å². The lowest BCUT2D eigenvalue weighted by Crippen LogP contribution is -2.27. The number of carbonyl (C=O) groups excluding carboxylic acids is 1. The molecule has 0 aliphatic carbocycles. The average Bonchev–Trinajstić information content (AvgIpc) is 2.97. The molecule has 0 radical (unpaired) electrons. The summed E-state index contributed by atoms with van der Waals surface area (Å²) in [7, 11) is 0. The normalized spacial score (nSPS) is 11.8. The number of nitrogens with zero attached hydrogens (tertiary/aromatic N) is 1. The standard InChI is InChI=1S/C20H21N3O2/c1-13-9-14(2)11-17(10-13)21-19(16-7-5-4-6-8-16)20(24)22-18-12-15(3)25-23-18/h4-12,19,21H,1-3H3,(H,22,23,24)/t19-/m0/s1. The largest absolute Gasteiger partial charge is 0.370 e. The van der Waals surface area contributed by atoms with E-state index in [1.54, 1.807) is 13.0 Å². The number of hydrogen-bond donors (Lipinski definition) is 2. The molecule has 0 unspecified atom stereocenters. The van der Waals surface area contributed by atoms with Crippen molar-refractivity contribution in [2.45, 2.75) is 26.8 Å². The lowest BCUT2D eigenvalue weighted by Gasteiger charge is -2.20. The number of anilines is 2. The van der Waals surface area contributed by atoms with Crippen molar-refractivity contribution in [2.24, 2.45) is 0 Å². The van der Waals surface area contributed by atoms with E-state index in [4.69, 9.17) is 4.52 Å². The van der Waals surface area contributed by atoms with Crippen molar-refractivity contribution in [2.75, 3.05) is 10.6 Å². The van der Waals surface area contributed by atoms with Crippen LogP contribution in [0.1, 0.15) is 28.5 Å². The molecule has 2 aromatic carbocycles. The third kappa shape index (κ3) is 4.26. The molecule has 1 amide bonds. The summed E-state index contributed by atoms with van der Waals surface area (Å²) in [4.78, 5) is 12.8. The maximum atomic E-state index is 12.8. The SMILES string of the molecule is Cc1cc(C)cc(N[C@H](C(=O)Nc2cc(C)on2)c2ccccc2)c1. The van der Waals surface area contributed by atoms with Gasteiger partial charge in [0.15, 0.2) is 5.82 Å². The zero-order valence-electron chi connectivity index (χ0n) is 14.5. The summed E-state index contributed by atoms with van der Waals surface area (Å²) in [5, 5.41) is 9.97. The van der Waals surface area contributed by atoms with Gasteiger partial charge in [-0.1, -0.05) is 41.6 Å². The maximum absolute atomic E-state index is 12.8. The molecular formula is C20H21N3O2. The summed E-state index contributed by atoms with van der Waals surface area (Å²) in [5.74, 6) is 0.859. The highest BCUT2D eigenvalue weighted by Gasteiger charge is 2.21. The molecule has 1 heterocycles. The molecule has 0 bridgehead atoms. The molecule has 3 rings (SSSR count). The Morgan fingerprint density at radius 3 is 2.28 bits per heavy atom. The number of nitrogens with one attached hydrogen (secondary N) is 2. The van der Waals surface area contributed by atoms with Crippen LogP contribution in [0.3, 0.4) is 0 Å². The van der Waals surface area contributed by atoms with Gasteiger partial charge in [0.05, 0.1) is 0 Å². The number of hydrogen-bond acceptors (Lipinski definition) is 4. The van der Waals surface area contributed by atoms with Crippen LogP contribution in [0.25, 0.3) is 0 Å². The Bertz CT molecular complexity index is 851. The fourth-order valence-electron chi connectivity index (χ4n) is 2.79. The minimum Gasteiger partial charge on any atom is -0.370 e. The van der Waals surface area contributed by atoms with Gasteiger partial charge in [0.1, 0.15) is 11.8 Å². The smallest absolute Gasteiger partial charge is 0.252 e. The van der Waals surface area contributed by atoms with Gasteiger partial charge in [-0.3, -0.25) is 4.79 Å². The van der Waals surface area contributed by atoms with Gasteiger partial charge in [0.2, 0.25) is 0 Å². The average molecular weight is 335 g/mol. The van der Waals surface area contributed by atoms with E-state index in [1.165, 1.54) is 0 Å². The zero-order valence-corrected chi connectivity index (χ0v) is 14.5. The van der Waals surface area contributed by atoms with Crippen LogP contribution in [0.5, 0.6) is 0 Å². The van der Waals surface area contributed by atoms with Gasteiger partial charge in [-0.05, 0) is 49.6 Å². The van der Waals surface area contributed by atoms with E-state index in [0.29, 0.717) is 11.6 Å². The minimum atomic E-state index is -0.542. The zero-order chi connectivity index (χ0) is 17.8. The summed E-state index contributed by atoms with van der Waals surface area (Å²) >= 11 is 0. The number of amides is 1. The number of benzene rings is 2. The van der Waals surface area contributed by atoms with Crippen molar-refractivity contribution in [1.82, 2.24) is 5.16 Å². The first kappa shape index (κ1) is 16.8. The quantitative estimate of drug-likeness (QED) is 0.725. The van der Waals surface area contributed by atoms with Gasteiger partial charge in [0, 0.05) is 11.8 Å². The molecule has 0 saturated heterocycles. The topological polar surface area (TPSA) is 67.2 Å². The molecule has 5 heteroatoms. The van der Waals surface area contributed by atoms with E-state index in [0.717, 1.165) is 22.4 Å². The van der Waals surface area contributed by atoms with E-state index in [9.17, 15) is 4.79 Å². The highest BCUT2D eigenvalue weighted by Crippen LogP contribution is 2.23. The second-order valence-corrected chi connectivity index (χ2v) is 6.18. The first-order valence-corrected chi connectivity index (χ1v) is 8.15. The molecule has 0 saturated carbocycles. The van der Waals surface area contributed by atoms with E-state index in [1.807, 2.05) is 56.3 Å². The van der Waals surface area contributed by atoms with Crippen LogP contribution >= 0.6 is 0 Å². The van der Waals surface area contributed by atoms with Crippen LogP contribution in [0.15, 0.2) is 59.1 Å². The van der Waals surface area contributed by atoms with Gasteiger partial charge >= 0.3 is 0 Å². The maximum Gasteiger partial charge on any atom is 0.252 e. The Balaban J connectivity index is 1.88. The molecule has 25 heavy (non-hydrogen) atoms. The molecular weight excluding hydrogens is 314 g/mol. The molecule has 128 valence electrons. The lowest BCUT2D eigenvalue weighted by molar-refractivity contribution is -0.117. The summed E-state index contributed by atoms with van der Waals surface area (Å²) in [6.07, 6.45) is 0.